The summed E-state index contributed by atoms with van der Waals surface area (Å²) in [5.74, 6) is 1.08. The van der Waals surface area contributed by atoms with Crippen molar-refractivity contribution in [2.45, 2.75) is 6.42 Å². The Hall–Kier alpha value is -0.800. The van der Waals surface area contributed by atoms with E-state index in [-0.39, 0.29) is 0 Å². The van der Waals surface area contributed by atoms with Gasteiger partial charge >= 0.3 is 0 Å². The average molecular weight is 214 g/mol. The van der Waals surface area contributed by atoms with Gasteiger partial charge < -0.3 is 9.47 Å². The Kier molecular flexibility index (Phi) is 3.22. The molecule has 0 saturated carbocycles. The van der Waals surface area contributed by atoms with Crippen molar-refractivity contribution in [1.82, 2.24) is 4.98 Å². The maximum absolute atomic E-state index is 5.72. The lowest BCUT2D eigenvalue weighted by atomic mass is 10.1. The zero-order chi connectivity index (χ0) is 9.80. The summed E-state index contributed by atoms with van der Waals surface area (Å²) in [5, 5.41) is 0.463. The molecule has 2 heterocycles. The fourth-order valence-electron chi connectivity index (χ4n) is 1.39. The van der Waals surface area contributed by atoms with E-state index in [4.69, 9.17) is 21.1 Å². The van der Waals surface area contributed by atoms with E-state index < -0.39 is 0 Å². The largest absolute Gasteiger partial charge is 0.477 e. The van der Waals surface area contributed by atoms with Crippen LogP contribution in [0.3, 0.4) is 0 Å². The van der Waals surface area contributed by atoms with E-state index >= 15 is 0 Å². The number of aromatic nitrogens is 1. The molecule has 1 aromatic rings. The number of ether oxygens (including phenoxy) is 2. The summed E-state index contributed by atoms with van der Waals surface area (Å²) < 4.78 is 10.7. The molecule has 3 nitrogen and oxygen atoms in total. The highest BCUT2D eigenvalue weighted by molar-refractivity contribution is 6.29. The van der Waals surface area contributed by atoms with Gasteiger partial charge in [-0.25, -0.2) is 4.98 Å². The number of hydrogen-bond donors (Lipinski definition) is 0. The highest BCUT2D eigenvalue weighted by Crippen LogP contribution is 2.16. The van der Waals surface area contributed by atoms with E-state index in [2.05, 4.69) is 4.98 Å². The molecule has 1 saturated heterocycles. The van der Waals surface area contributed by atoms with Crippen LogP contribution in [-0.4, -0.2) is 24.8 Å². The summed E-state index contributed by atoms with van der Waals surface area (Å²) in [7, 11) is 0. The zero-order valence-corrected chi connectivity index (χ0v) is 8.54. The minimum Gasteiger partial charge on any atom is -0.477 e. The Bertz CT molecular complexity index is 300. The lowest BCUT2D eigenvalue weighted by Crippen LogP contribution is -2.12. The molecule has 0 N–H and O–H groups in total. The number of pyridine rings is 1. The molecule has 0 aliphatic carbocycles. The number of hydrogen-bond acceptors (Lipinski definition) is 3. The normalized spacial score (nSPS) is 21.1. The molecule has 76 valence electrons. The average Bonchev–Trinajstić information content (AvgIpc) is 2.67. The van der Waals surface area contributed by atoms with Crippen molar-refractivity contribution in [1.29, 1.82) is 0 Å². The first kappa shape index (κ1) is 9.74. The highest BCUT2D eigenvalue weighted by Gasteiger charge is 2.16. The quantitative estimate of drug-likeness (QED) is 0.721. The van der Waals surface area contributed by atoms with Gasteiger partial charge in [-0.1, -0.05) is 17.7 Å². The number of halogens is 1. The molecule has 0 radical (unpaired) electrons. The lowest BCUT2D eigenvalue weighted by molar-refractivity contribution is 0.165. The van der Waals surface area contributed by atoms with Crippen molar-refractivity contribution in [3.63, 3.8) is 0 Å². The molecule has 1 aromatic heterocycles. The maximum atomic E-state index is 5.72. The van der Waals surface area contributed by atoms with Crippen LogP contribution in [-0.2, 0) is 4.74 Å². The van der Waals surface area contributed by atoms with Gasteiger partial charge in [0.1, 0.15) is 5.15 Å². The molecule has 1 unspecified atom stereocenters. The predicted molar refractivity (Wildman–Crippen MR) is 53.7 cm³/mol. The van der Waals surface area contributed by atoms with Crippen LogP contribution in [0, 0.1) is 5.92 Å². The molecule has 1 fully saturated rings. The topological polar surface area (TPSA) is 31.4 Å². The molecule has 0 amide bonds. The summed E-state index contributed by atoms with van der Waals surface area (Å²) in [5.41, 5.74) is 0. The van der Waals surface area contributed by atoms with Crippen LogP contribution in [0.15, 0.2) is 18.2 Å². The molecule has 1 aliphatic rings. The van der Waals surface area contributed by atoms with Crippen LogP contribution in [0.1, 0.15) is 6.42 Å². The fraction of sp³-hybridized carbons (Fsp3) is 0.500. The van der Waals surface area contributed by atoms with Crippen molar-refractivity contribution in [2.75, 3.05) is 19.8 Å². The van der Waals surface area contributed by atoms with Gasteiger partial charge in [0.05, 0.1) is 13.2 Å². The van der Waals surface area contributed by atoms with Crippen LogP contribution in [0.5, 0.6) is 5.88 Å². The van der Waals surface area contributed by atoms with Gasteiger partial charge in [0.25, 0.3) is 0 Å². The van der Waals surface area contributed by atoms with Crippen LogP contribution < -0.4 is 4.74 Å². The van der Waals surface area contributed by atoms with E-state index in [9.17, 15) is 0 Å². The van der Waals surface area contributed by atoms with E-state index in [1.54, 1.807) is 6.07 Å². The second-order valence-electron chi connectivity index (χ2n) is 3.34. The summed E-state index contributed by atoms with van der Waals surface area (Å²) in [6.45, 7) is 2.30. The van der Waals surface area contributed by atoms with E-state index in [1.165, 1.54) is 0 Å². The highest BCUT2D eigenvalue weighted by atomic mass is 35.5. The SMILES string of the molecule is Clc1cccc(OCC2CCOC2)n1. The second kappa shape index (κ2) is 4.62. The lowest BCUT2D eigenvalue weighted by Gasteiger charge is -2.08. The second-order valence-corrected chi connectivity index (χ2v) is 3.73. The first-order chi connectivity index (χ1) is 6.84. The van der Waals surface area contributed by atoms with Crippen molar-refractivity contribution in [2.24, 2.45) is 5.92 Å². The molecule has 0 spiro atoms. The molecular formula is C10H12ClNO2. The van der Waals surface area contributed by atoms with Crippen molar-refractivity contribution < 1.29 is 9.47 Å². The molecule has 1 aliphatic heterocycles. The Morgan fingerprint density at radius 1 is 1.57 bits per heavy atom. The molecule has 1 atom stereocenters. The minimum absolute atomic E-state index is 0.463. The first-order valence-corrected chi connectivity index (χ1v) is 5.05. The molecule has 14 heavy (non-hydrogen) atoms. The van der Waals surface area contributed by atoms with Gasteiger partial charge in [0.2, 0.25) is 5.88 Å². The van der Waals surface area contributed by atoms with Gasteiger partial charge in [-0.3, -0.25) is 0 Å². The maximum Gasteiger partial charge on any atom is 0.214 e. The Labute approximate surface area is 88.0 Å². The van der Waals surface area contributed by atoms with Crippen LogP contribution in [0.2, 0.25) is 5.15 Å². The van der Waals surface area contributed by atoms with E-state index in [0.29, 0.717) is 23.6 Å². The van der Waals surface area contributed by atoms with Gasteiger partial charge in [-0.05, 0) is 12.5 Å². The monoisotopic (exact) mass is 213 g/mol. The van der Waals surface area contributed by atoms with Crippen molar-refractivity contribution >= 4 is 11.6 Å². The Balaban J connectivity index is 1.85. The smallest absolute Gasteiger partial charge is 0.214 e. The Morgan fingerprint density at radius 2 is 2.50 bits per heavy atom. The Morgan fingerprint density at radius 3 is 3.21 bits per heavy atom. The van der Waals surface area contributed by atoms with Crippen molar-refractivity contribution in [3.8, 4) is 5.88 Å². The molecule has 0 bridgehead atoms. The van der Waals surface area contributed by atoms with Gasteiger partial charge in [-0.15, -0.1) is 0 Å². The summed E-state index contributed by atoms with van der Waals surface area (Å²) in [4.78, 5) is 4.04. The fourth-order valence-corrected chi connectivity index (χ4v) is 1.54. The number of rotatable bonds is 3. The van der Waals surface area contributed by atoms with Crippen LogP contribution in [0.25, 0.3) is 0 Å². The number of nitrogens with zero attached hydrogens (tertiary/aromatic N) is 1. The van der Waals surface area contributed by atoms with Crippen LogP contribution in [0.4, 0.5) is 0 Å². The van der Waals surface area contributed by atoms with E-state index in [0.717, 1.165) is 19.6 Å². The third kappa shape index (κ3) is 2.59. The predicted octanol–water partition coefficient (Wildman–Crippen LogP) is 2.15. The molecular weight excluding hydrogens is 202 g/mol. The standard InChI is InChI=1S/C10H12ClNO2/c11-9-2-1-3-10(12-9)14-7-8-4-5-13-6-8/h1-3,8H,4-7H2. The molecule has 2 rings (SSSR count). The molecule has 4 heteroatoms. The van der Waals surface area contributed by atoms with Crippen molar-refractivity contribution in [3.05, 3.63) is 23.4 Å². The minimum atomic E-state index is 0.463. The van der Waals surface area contributed by atoms with E-state index in [1.807, 2.05) is 12.1 Å². The first-order valence-electron chi connectivity index (χ1n) is 4.68. The summed E-state index contributed by atoms with van der Waals surface area (Å²) >= 11 is 5.72. The van der Waals surface area contributed by atoms with Gasteiger partial charge in [0, 0.05) is 18.6 Å². The van der Waals surface area contributed by atoms with Crippen LogP contribution >= 0.6 is 11.6 Å². The third-order valence-electron chi connectivity index (χ3n) is 2.18. The zero-order valence-electron chi connectivity index (χ0n) is 7.78. The molecule has 0 aromatic carbocycles. The third-order valence-corrected chi connectivity index (χ3v) is 2.39. The van der Waals surface area contributed by atoms with Gasteiger partial charge in [-0.2, -0.15) is 0 Å². The summed E-state index contributed by atoms with van der Waals surface area (Å²) in [6, 6.07) is 5.37. The summed E-state index contributed by atoms with van der Waals surface area (Å²) in [6.07, 6.45) is 1.07. The van der Waals surface area contributed by atoms with Gasteiger partial charge in [0.15, 0.2) is 0 Å².